The van der Waals surface area contributed by atoms with Gasteiger partial charge in [0, 0.05) is 42.3 Å². The molecule has 3 aromatic rings. The number of carbonyl (C=O) groups excluding carboxylic acids is 1. The first-order valence-corrected chi connectivity index (χ1v) is 9.34. The van der Waals surface area contributed by atoms with Crippen LogP contribution in [0.15, 0.2) is 65.2 Å². The fourth-order valence-electron chi connectivity index (χ4n) is 3.22. The van der Waals surface area contributed by atoms with Crippen LogP contribution in [-0.4, -0.2) is 46.9 Å². The second-order valence-electron chi connectivity index (χ2n) is 6.56. The molecule has 1 saturated heterocycles. The fraction of sp³-hybridized carbons (Fsp3) is 0.238. The monoisotopic (exact) mass is 381 g/mol. The van der Waals surface area contributed by atoms with Gasteiger partial charge in [0.05, 0.1) is 12.7 Å². The highest BCUT2D eigenvalue weighted by atomic mass is 35.5. The molecule has 0 atom stereocenters. The molecule has 0 saturated carbocycles. The third-order valence-corrected chi connectivity index (χ3v) is 4.94. The summed E-state index contributed by atoms with van der Waals surface area (Å²) in [4.78, 5) is 21.1. The molecule has 1 amide bonds. The number of amides is 1. The zero-order chi connectivity index (χ0) is 18.6. The van der Waals surface area contributed by atoms with Crippen LogP contribution in [0.4, 0.5) is 0 Å². The van der Waals surface area contributed by atoms with E-state index in [-0.39, 0.29) is 5.91 Å². The predicted molar refractivity (Wildman–Crippen MR) is 105 cm³/mol. The summed E-state index contributed by atoms with van der Waals surface area (Å²) in [5.74, 6) is 1.50. The van der Waals surface area contributed by atoms with Crippen LogP contribution in [-0.2, 0) is 6.54 Å². The molecule has 0 N–H and O–H groups in total. The molecule has 138 valence electrons. The van der Waals surface area contributed by atoms with Crippen LogP contribution in [0.2, 0.25) is 5.02 Å². The van der Waals surface area contributed by atoms with Crippen molar-refractivity contribution in [2.45, 2.75) is 6.54 Å². The van der Waals surface area contributed by atoms with Gasteiger partial charge in [-0.2, -0.15) is 0 Å². The molecule has 4 rings (SSSR count). The van der Waals surface area contributed by atoms with E-state index in [9.17, 15) is 4.79 Å². The number of hydrogen-bond donors (Lipinski definition) is 0. The van der Waals surface area contributed by atoms with E-state index < -0.39 is 0 Å². The maximum absolute atomic E-state index is 12.6. The number of oxazole rings is 1. The Morgan fingerprint density at radius 2 is 1.81 bits per heavy atom. The van der Waals surface area contributed by atoms with Crippen LogP contribution in [0.1, 0.15) is 16.2 Å². The van der Waals surface area contributed by atoms with Gasteiger partial charge in [-0.05, 0) is 18.2 Å². The van der Waals surface area contributed by atoms with Crippen molar-refractivity contribution < 1.29 is 9.21 Å². The van der Waals surface area contributed by atoms with E-state index in [1.807, 2.05) is 35.2 Å². The largest absolute Gasteiger partial charge is 0.439 e. The summed E-state index contributed by atoms with van der Waals surface area (Å²) in [7, 11) is 0. The normalized spacial score (nSPS) is 15.1. The SMILES string of the molecule is O=C(c1cccc(Cl)c1)N1CCN(Cc2ncc(-c3ccccc3)o2)CC1. The molecule has 1 aliphatic rings. The smallest absolute Gasteiger partial charge is 0.253 e. The van der Waals surface area contributed by atoms with Crippen LogP contribution in [0, 0.1) is 0 Å². The van der Waals surface area contributed by atoms with E-state index in [1.54, 1.807) is 30.5 Å². The Bertz CT molecular complexity index is 918. The third-order valence-electron chi connectivity index (χ3n) is 4.70. The number of halogens is 1. The minimum Gasteiger partial charge on any atom is -0.439 e. The quantitative estimate of drug-likeness (QED) is 0.686. The van der Waals surface area contributed by atoms with E-state index in [0.29, 0.717) is 36.1 Å². The van der Waals surface area contributed by atoms with Gasteiger partial charge in [-0.1, -0.05) is 48.0 Å². The lowest BCUT2D eigenvalue weighted by Crippen LogP contribution is -2.48. The fourth-order valence-corrected chi connectivity index (χ4v) is 3.41. The lowest BCUT2D eigenvalue weighted by Gasteiger charge is -2.34. The maximum atomic E-state index is 12.6. The summed E-state index contributed by atoms with van der Waals surface area (Å²) >= 11 is 5.99. The van der Waals surface area contributed by atoms with Gasteiger partial charge in [-0.25, -0.2) is 4.98 Å². The zero-order valence-corrected chi connectivity index (χ0v) is 15.6. The van der Waals surface area contributed by atoms with Crippen molar-refractivity contribution in [3.05, 3.63) is 77.3 Å². The molecule has 0 aliphatic carbocycles. The first-order valence-electron chi connectivity index (χ1n) is 8.96. The summed E-state index contributed by atoms with van der Waals surface area (Å²) in [5.41, 5.74) is 1.66. The van der Waals surface area contributed by atoms with E-state index in [4.69, 9.17) is 16.0 Å². The first-order chi connectivity index (χ1) is 13.2. The summed E-state index contributed by atoms with van der Waals surface area (Å²) in [6.07, 6.45) is 1.77. The van der Waals surface area contributed by atoms with Crippen LogP contribution < -0.4 is 0 Å². The van der Waals surface area contributed by atoms with Crippen LogP contribution in [0.3, 0.4) is 0 Å². The summed E-state index contributed by atoms with van der Waals surface area (Å²) in [5, 5.41) is 0.581. The lowest BCUT2D eigenvalue weighted by atomic mass is 10.2. The van der Waals surface area contributed by atoms with Gasteiger partial charge < -0.3 is 9.32 Å². The Balaban J connectivity index is 1.33. The summed E-state index contributed by atoms with van der Waals surface area (Å²) in [6.45, 7) is 3.58. The second kappa shape index (κ2) is 7.94. The van der Waals surface area contributed by atoms with Crippen LogP contribution in [0.25, 0.3) is 11.3 Å². The van der Waals surface area contributed by atoms with Crippen molar-refractivity contribution >= 4 is 17.5 Å². The minimum atomic E-state index is 0.0274. The summed E-state index contributed by atoms with van der Waals surface area (Å²) in [6, 6.07) is 17.0. The average Bonchev–Trinajstić information content (AvgIpc) is 3.17. The van der Waals surface area contributed by atoms with E-state index in [0.717, 1.165) is 24.4 Å². The summed E-state index contributed by atoms with van der Waals surface area (Å²) < 4.78 is 5.88. The van der Waals surface area contributed by atoms with Crippen LogP contribution >= 0.6 is 11.6 Å². The number of rotatable bonds is 4. The molecule has 1 aliphatic heterocycles. The van der Waals surface area contributed by atoms with Crippen molar-refractivity contribution in [2.75, 3.05) is 26.2 Å². The Kier molecular flexibility index (Phi) is 5.23. The first kappa shape index (κ1) is 17.8. The lowest BCUT2D eigenvalue weighted by molar-refractivity contribution is 0.0618. The minimum absolute atomic E-state index is 0.0274. The Hall–Kier alpha value is -2.63. The average molecular weight is 382 g/mol. The van der Waals surface area contributed by atoms with E-state index in [2.05, 4.69) is 9.88 Å². The van der Waals surface area contributed by atoms with Gasteiger partial charge in [0.25, 0.3) is 5.91 Å². The molecule has 0 spiro atoms. The number of nitrogens with zero attached hydrogens (tertiary/aromatic N) is 3. The standard InChI is InChI=1S/C21H20ClN3O2/c22-18-8-4-7-17(13-18)21(26)25-11-9-24(10-12-25)15-20-23-14-19(27-20)16-5-2-1-3-6-16/h1-8,13-14H,9-12,15H2. The number of hydrogen-bond acceptors (Lipinski definition) is 4. The Labute approximate surface area is 163 Å². The van der Waals surface area contributed by atoms with Crippen LogP contribution in [0.5, 0.6) is 0 Å². The molecule has 0 bridgehead atoms. The van der Waals surface area contributed by atoms with Crippen molar-refractivity contribution in [3.8, 4) is 11.3 Å². The Morgan fingerprint density at radius 1 is 1.04 bits per heavy atom. The molecule has 2 heterocycles. The van der Waals surface area contributed by atoms with Crippen molar-refractivity contribution in [1.82, 2.24) is 14.8 Å². The molecule has 6 heteroatoms. The molecule has 27 heavy (non-hydrogen) atoms. The predicted octanol–water partition coefficient (Wildman–Crippen LogP) is 3.95. The number of piperazine rings is 1. The highest BCUT2D eigenvalue weighted by molar-refractivity contribution is 6.30. The van der Waals surface area contributed by atoms with Crippen molar-refractivity contribution in [1.29, 1.82) is 0 Å². The molecular formula is C21H20ClN3O2. The number of aromatic nitrogens is 1. The highest BCUT2D eigenvalue weighted by Crippen LogP contribution is 2.21. The van der Waals surface area contributed by atoms with E-state index in [1.165, 1.54) is 0 Å². The van der Waals surface area contributed by atoms with Crippen molar-refractivity contribution in [3.63, 3.8) is 0 Å². The molecule has 0 radical (unpaired) electrons. The van der Waals surface area contributed by atoms with Gasteiger partial charge in [0.15, 0.2) is 5.76 Å². The van der Waals surface area contributed by atoms with Crippen molar-refractivity contribution in [2.24, 2.45) is 0 Å². The number of carbonyl (C=O) groups is 1. The maximum Gasteiger partial charge on any atom is 0.253 e. The Morgan fingerprint density at radius 3 is 2.56 bits per heavy atom. The van der Waals surface area contributed by atoms with Gasteiger partial charge in [-0.3, -0.25) is 9.69 Å². The van der Waals surface area contributed by atoms with Gasteiger partial charge >= 0.3 is 0 Å². The zero-order valence-electron chi connectivity index (χ0n) is 14.8. The van der Waals surface area contributed by atoms with E-state index >= 15 is 0 Å². The molecular weight excluding hydrogens is 362 g/mol. The molecule has 2 aromatic carbocycles. The highest BCUT2D eigenvalue weighted by Gasteiger charge is 2.23. The molecule has 1 aromatic heterocycles. The topological polar surface area (TPSA) is 49.6 Å². The second-order valence-corrected chi connectivity index (χ2v) is 7.00. The number of benzene rings is 2. The van der Waals surface area contributed by atoms with Gasteiger partial charge in [0.2, 0.25) is 5.89 Å². The van der Waals surface area contributed by atoms with Gasteiger partial charge in [-0.15, -0.1) is 0 Å². The molecule has 5 nitrogen and oxygen atoms in total. The molecule has 1 fully saturated rings. The van der Waals surface area contributed by atoms with Gasteiger partial charge in [0.1, 0.15) is 0 Å². The third kappa shape index (κ3) is 4.21. The molecule has 0 unspecified atom stereocenters.